The molecule has 0 rings (SSSR count). The molecule has 0 aromatic rings. The molecule has 0 spiro atoms. The first-order valence-corrected chi connectivity index (χ1v) is 7.51. The van der Waals surface area contributed by atoms with Crippen LogP contribution in [0.25, 0.3) is 0 Å². The summed E-state index contributed by atoms with van der Waals surface area (Å²) in [6.45, 7) is 3.76. The van der Waals surface area contributed by atoms with Crippen molar-refractivity contribution in [3.05, 3.63) is 0 Å². The van der Waals surface area contributed by atoms with Gasteiger partial charge in [0, 0.05) is 0 Å². The van der Waals surface area contributed by atoms with Crippen molar-refractivity contribution < 1.29 is 69.5 Å². The minimum Gasteiger partial charge on any atom is -0.748 e. The van der Waals surface area contributed by atoms with Crippen LogP contribution < -0.4 is 51.4 Å². The molecule has 2 atom stereocenters. The van der Waals surface area contributed by atoms with E-state index in [-0.39, 0.29) is 64.2 Å². The number of rotatable bonds is 9. The van der Waals surface area contributed by atoms with Gasteiger partial charge >= 0.3 is 51.4 Å². The normalized spacial score (nSPS) is 15.1. The molecule has 4 nitrogen and oxygen atoms in total. The standard InChI is InChI=1S/C11H24O4S.K/c1-3-5-6-7-8-10(12)9-11(4-2)16(13,14)15;/h10-12H,3-9H2,1-2H3,(H,13,14,15);/q;+1/p-1. The summed E-state index contributed by atoms with van der Waals surface area (Å²) in [6.07, 6.45) is 4.48. The zero-order chi connectivity index (χ0) is 12.6. The van der Waals surface area contributed by atoms with Crippen molar-refractivity contribution in [2.24, 2.45) is 0 Å². The van der Waals surface area contributed by atoms with E-state index in [1.54, 1.807) is 6.92 Å². The molecule has 0 fully saturated rings. The third kappa shape index (κ3) is 11.1. The van der Waals surface area contributed by atoms with Crippen molar-refractivity contribution in [3.8, 4) is 0 Å². The largest absolute Gasteiger partial charge is 1.00 e. The summed E-state index contributed by atoms with van der Waals surface area (Å²) in [7, 11) is -4.26. The molecule has 0 radical (unpaired) electrons. The summed E-state index contributed by atoms with van der Waals surface area (Å²) in [5, 5.41) is 8.67. The molecule has 0 saturated carbocycles. The third-order valence-electron chi connectivity index (χ3n) is 2.79. The monoisotopic (exact) mass is 290 g/mol. The predicted octanol–water partition coefficient (Wildman–Crippen LogP) is -0.964. The minimum atomic E-state index is -4.26. The fourth-order valence-corrected chi connectivity index (χ4v) is 2.58. The molecule has 6 heteroatoms. The van der Waals surface area contributed by atoms with Crippen LogP contribution in [0.3, 0.4) is 0 Å². The number of unbranched alkanes of at least 4 members (excludes halogenated alkanes) is 3. The van der Waals surface area contributed by atoms with Crippen LogP contribution in [0, 0.1) is 0 Å². The Morgan fingerprint density at radius 3 is 2.18 bits per heavy atom. The molecule has 0 aliphatic rings. The van der Waals surface area contributed by atoms with Gasteiger partial charge in [0.2, 0.25) is 0 Å². The van der Waals surface area contributed by atoms with Gasteiger partial charge in [-0.2, -0.15) is 0 Å². The van der Waals surface area contributed by atoms with Crippen LogP contribution in [0.2, 0.25) is 0 Å². The molecule has 0 aromatic heterocycles. The molecule has 0 bridgehead atoms. The second kappa shape index (κ2) is 11.3. The fraction of sp³-hybridized carbons (Fsp3) is 1.00. The predicted molar refractivity (Wildman–Crippen MR) is 63.2 cm³/mol. The minimum absolute atomic E-state index is 0. The zero-order valence-corrected chi connectivity index (χ0v) is 15.1. The van der Waals surface area contributed by atoms with Crippen LogP contribution in [0.5, 0.6) is 0 Å². The summed E-state index contributed by atoms with van der Waals surface area (Å²) in [5.74, 6) is 0. The second-order valence-corrected chi connectivity index (χ2v) is 5.91. The van der Waals surface area contributed by atoms with E-state index in [4.69, 9.17) is 0 Å². The van der Waals surface area contributed by atoms with Crippen LogP contribution in [-0.2, 0) is 10.1 Å². The number of aliphatic hydroxyl groups excluding tert-OH is 1. The van der Waals surface area contributed by atoms with E-state index in [0.717, 1.165) is 25.7 Å². The quantitative estimate of drug-likeness (QED) is 0.337. The van der Waals surface area contributed by atoms with E-state index in [2.05, 4.69) is 6.92 Å². The first kappa shape index (κ1) is 20.8. The fourth-order valence-electron chi connectivity index (χ4n) is 1.72. The molecule has 0 saturated heterocycles. The van der Waals surface area contributed by atoms with Crippen molar-refractivity contribution in [1.82, 2.24) is 0 Å². The van der Waals surface area contributed by atoms with Gasteiger partial charge in [0.25, 0.3) is 0 Å². The van der Waals surface area contributed by atoms with Gasteiger partial charge in [-0.25, -0.2) is 8.42 Å². The topological polar surface area (TPSA) is 77.4 Å². The third-order valence-corrected chi connectivity index (χ3v) is 4.13. The van der Waals surface area contributed by atoms with E-state index in [9.17, 15) is 18.1 Å². The summed E-state index contributed by atoms with van der Waals surface area (Å²) in [5.41, 5.74) is 0. The van der Waals surface area contributed by atoms with Crippen LogP contribution in [0.4, 0.5) is 0 Å². The van der Waals surface area contributed by atoms with E-state index < -0.39 is 21.5 Å². The maximum atomic E-state index is 10.8. The van der Waals surface area contributed by atoms with Gasteiger partial charge in [-0.05, 0) is 19.3 Å². The smallest absolute Gasteiger partial charge is 0.748 e. The van der Waals surface area contributed by atoms with Gasteiger partial charge in [-0.1, -0.05) is 39.5 Å². The Bertz CT molecular complexity index is 267. The van der Waals surface area contributed by atoms with Crippen LogP contribution >= 0.6 is 0 Å². The molecule has 0 aliphatic carbocycles. The molecule has 98 valence electrons. The van der Waals surface area contributed by atoms with Crippen molar-refractivity contribution in [2.45, 2.75) is 70.1 Å². The van der Waals surface area contributed by atoms with Crippen molar-refractivity contribution >= 4 is 10.1 Å². The van der Waals surface area contributed by atoms with E-state index >= 15 is 0 Å². The van der Waals surface area contributed by atoms with Crippen LogP contribution in [-0.4, -0.2) is 29.4 Å². The average molecular weight is 290 g/mol. The SMILES string of the molecule is CCCCCCC(O)CC(CC)S(=O)(=O)[O-].[K+]. The van der Waals surface area contributed by atoms with E-state index in [0.29, 0.717) is 6.42 Å². The maximum absolute atomic E-state index is 10.8. The second-order valence-electron chi connectivity index (χ2n) is 4.26. The van der Waals surface area contributed by atoms with E-state index in [1.807, 2.05) is 0 Å². The summed E-state index contributed by atoms with van der Waals surface area (Å²) >= 11 is 0. The summed E-state index contributed by atoms with van der Waals surface area (Å²) in [6, 6.07) is 0. The maximum Gasteiger partial charge on any atom is 1.00 e. The Balaban J connectivity index is 0. The van der Waals surface area contributed by atoms with Gasteiger partial charge in [0.1, 0.15) is 0 Å². The average Bonchev–Trinajstić information content (AvgIpc) is 2.19. The molecule has 0 heterocycles. The van der Waals surface area contributed by atoms with Crippen LogP contribution in [0.15, 0.2) is 0 Å². The summed E-state index contributed by atoms with van der Waals surface area (Å²) in [4.78, 5) is 0. The first-order valence-electron chi connectivity index (χ1n) is 6.04. The van der Waals surface area contributed by atoms with Gasteiger partial charge in [-0.3, -0.25) is 0 Å². The van der Waals surface area contributed by atoms with Crippen LogP contribution in [0.1, 0.15) is 58.8 Å². The molecule has 0 amide bonds. The number of hydrogen-bond donors (Lipinski definition) is 1. The number of hydrogen-bond acceptors (Lipinski definition) is 4. The molecule has 0 aromatic carbocycles. The molecule has 0 aliphatic heterocycles. The van der Waals surface area contributed by atoms with Crippen molar-refractivity contribution in [2.75, 3.05) is 0 Å². The van der Waals surface area contributed by atoms with Gasteiger partial charge in [0.05, 0.1) is 21.5 Å². The van der Waals surface area contributed by atoms with Gasteiger partial charge in [-0.15, -0.1) is 0 Å². The van der Waals surface area contributed by atoms with E-state index in [1.165, 1.54) is 0 Å². The van der Waals surface area contributed by atoms with Crippen molar-refractivity contribution in [3.63, 3.8) is 0 Å². The molecule has 1 N–H and O–H groups in total. The molecular formula is C11H23KO4S. The summed E-state index contributed by atoms with van der Waals surface area (Å²) < 4.78 is 32.4. The molecule has 2 unspecified atom stereocenters. The zero-order valence-electron chi connectivity index (χ0n) is 11.2. The number of aliphatic hydroxyl groups is 1. The Morgan fingerprint density at radius 2 is 1.76 bits per heavy atom. The van der Waals surface area contributed by atoms with Crippen molar-refractivity contribution in [1.29, 1.82) is 0 Å². The Labute approximate surface area is 148 Å². The Kier molecular flexibility index (Phi) is 13.9. The molecular weight excluding hydrogens is 267 g/mol. The Morgan fingerprint density at radius 1 is 1.18 bits per heavy atom. The Hall–Kier alpha value is 1.51. The van der Waals surface area contributed by atoms with Gasteiger partial charge in [0.15, 0.2) is 0 Å². The first-order chi connectivity index (χ1) is 7.41. The molecule has 17 heavy (non-hydrogen) atoms. The van der Waals surface area contributed by atoms with Gasteiger partial charge < -0.3 is 9.66 Å².